The highest BCUT2D eigenvalue weighted by Gasteiger charge is 2.15. The lowest BCUT2D eigenvalue weighted by atomic mass is 10.1. The molecule has 1 heterocycles. The van der Waals surface area contributed by atoms with Crippen molar-refractivity contribution in [2.24, 2.45) is 5.10 Å². The third kappa shape index (κ3) is 8.96. The second-order valence-electron chi connectivity index (χ2n) is 10.7. The molecule has 5 aromatic rings. The van der Waals surface area contributed by atoms with E-state index in [1.165, 1.54) is 23.1 Å². The summed E-state index contributed by atoms with van der Waals surface area (Å²) in [5.41, 5.74) is 10.2. The number of aryl methyl sites for hydroxylation is 3. The zero-order chi connectivity index (χ0) is 33.3. The van der Waals surface area contributed by atoms with Crippen LogP contribution in [0.1, 0.15) is 39.5 Å². The van der Waals surface area contributed by atoms with Crippen molar-refractivity contribution in [2.75, 3.05) is 23.8 Å². The van der Waals surface area contributed by atoms with Crippen LogP contribution in [-0.2, 0) is 4.79 Å². The average molecular weight is 668 g/mol. The SMILES string of the molecule is CCOc1cc(/C=N/NC(=O)c2ccc(-c3csc(Nc4ccc(C)cc4)n3)cc2)cc(Cl)c1OCC(=O)Nc1ccc(C)cc1C. The Morgan fingerprint density at radius 1 is 0.936 bits per heavy atom. The van der Waals surface area contributed by atoms with Crippen LogP contribution in [-0.4, -0.2) is 36.2 Å². The van der Waals surface area contributed by atoms with Gasteiger partial charge in [-0.2, -0.15) is 5.10 Å². The summed E-state index contributed by atoms with van der Waals surface area (Å²) in [5, 5.41) is 13.2. The van der Waals surface area contributed by atoms with Crippen LogP contribution in [0.25, 0.3) is 11.3 Å². The molecule has 1 aromatic heterocycles. The number of hydrogen-bond acceptors (Lipinski definition) is 8. The van der Waals surface area contributed by atoms with Gasteiger partial charge >= 0.3 is 0 Å². The lowest BCUT2D eigenvalue weighted by Gasteiger charge is -2.15. The van der Waals surface area contributed by atoms with Gasteiger partial charge in [0, 0.05) is 27.9 Å². The number of ether oxygens (including phenoxy) is 2. The molecule has 0 saturated carbocycles. The monoisotopic (exact) mass is 667 g/mol. The van der Waals surface area contributed by atoms with Crippen LogP contribution >= 0.6 is 22.9 Å². The number of nitrogens with zero attached hydrogens (tertiary/aromatic N) is 2. The van der Waals surface area contributed by atoms with Crippen molar-refractivity contribution >= 4 is 57.5 Å². The smallest absolute Gasteiger partial charge is 0.271 e. The zero-order valence-corrected chi connectivity index (χ0v) is 28.0. The van der Waals surface area contributed by atoms with Crippen LogP contribution in [0.15, 0.2) is 89.3 Å². The van der Waals surface area contributed by atoms with Crippen molar-refractivity contribution in [3.63, 3.8) is 0 Å². The number of thiazole rings is 1. The van der Waals surface area contributed by atoms with Gasteiger partial charge in [-0.05, 0) is 81.3 Å². The van der Waals surface area contributed by atoms with Gasteiger partial charge < -0.3 is 20.1 Å². The van der Waals surface area contributed by atoms with Crippen molar-refractivity contribution in [3.05, 3.63) is 117 Å². The Hall–Kier alpha value is -5.19. The number of nitrogens with one attached hydrogen (secondary N) is 3. The Morgan fingerprint density at radius 2 is 1.68 bits per heavy atom. The highest BCUT2D eigenvalue weighted by molar-refractivity contribution is 7.14. The molecule has 240 valence electrons. The molecule has 3 N–H and O–H groups in total. The van der Waals surface area contributed by atoms with Gasteiger partial charge in [0.15, 0.2) is 23.2 Å². The van der Waals surface area contributed by atoms with Crippen molar-refractivity contribution in [1.82, 2.24) is 10.4 Å². The molecule has 5 rings (SSSR count). The van der Waals surface area contributed by atoms with Gasteiger partial charge in [0.1, 0.15) is 0 Å². The van der Waals surface area contributed by atoms with Gasteiger partial charge in [-0.15, -0.1) is 11.3 Å². The van der Waals surface area contributed by atoms with Crippen molar-refractivity contribution in [1.29, 1.82) is 0 Å². The fraction of sp³-hybridized carbons (Fsp3) is 0.167. The molecule has 0 atom stereocenters. The van der Waals surface area contributed by atoms with Crippen molar-refractivity contribution in [2.45, 2.75) is 27.7 Å². The first-order valence-corrected chi connectivity index (χ1v) is 16.1. The second kappa shape index (κ2) is 15.4. The number of amides is 2. The van der Waals surface area contributed by atoms with E-state index in [1.807, 2.05) is 87.7 Å². The third-order valence-corrected chi connectivity index (χ3v) is 8.00. The minimum Gasteiger partial charge on any atom is -0.490 e. The third-order valence-electron chi connectivity index (χ3n) is 6.96. The largest absolute Gasteiger partial charge is 0.490 e. The Morgan fingerprint density at radius 3 is 2.40 bits per heavy atom. The van der Waals surface area contributed by atoms with E-state index < -0.39 is 0 Å². The average Bonchev–Trinajstić information content (AvgIpc) is 3.52. The van der Waals surface area contributed by atoms with Crippen molar-refractivity contribution < 1.29 is 19.1 Å². The number of carbonyl (C=O) groups excluding carboxylic acids is 2. The Bertz CT molecular complexity index is 1910. The molecule has 47 heavy (non-hydrogen) atoms. The normalized spacial score (nSPS) is 10.9. The number of hydrogen-bond donors (Lipinski definition) is 3. The van der Waals surface area contributed by atoms with Gasteiger partial charge in [-0.1, -0.05) is 59.1 Å². The van der Waals surface area contributed by atoms with Crippen LogP contribution in [0.4, 0.5) is 16.5 Å². The molecule has 11 heteroatoms. The first kappa shape index (κ1) is 33.2. The predicted octanol–water partition coefficient (Wildman–Crippen LogP) is 8.31. The molecule has 0 fully saturated rings. The summed E-state index contributed by atoms with van der Waals surface area (Å²) in [5.74, 6) is -0.118. The van der Waals surface area contributed by atoms with E-state index in [9.17, 15) is 9.59 Å². The predicted molar refractivity (Wildman–Crippen MR) is 190 cm³/mol. The fourth-order valence-electron chi connectivity index (χ4n) is 4.59. The molecular weight excluding hydrogens is 634 g/mol. The van der Waals surface area contributed by atoms with Gasteiger partial charge in [0.05, 0.1) is 23.5 Å². The summed E-state index contributed by atoms with van der Waals surface area (Å²) >= 11 is 8.02. The van der Waals surface area contributed by atoms with Crippen molar-refractivity contribution in [3.8, 4) is 22.8 Å². The lowest BCUT2D eigenvalue weighted by Crippen LogP contribution is -2.21. The Kier molecular flexibility index (Phi) is 10.9. The highest BCUT2D eigenvalue weighted by Crippen LogP contribution is 2.36. The van der Waals surface area contributed by atoms with E-state index in [0.717, 1.165) is 33.2 Å². The zero-order valence-electron chi connectivity index (χ0n) is 26.4. The number of benzene rings is 4. The van der Waals surface area contributed by atoms with Crippen LogP contribution < -0.4 is 25.5 Å². The summed E-state index contributed by atoms with van der Waals surface area (Å²) in [6, 6.07) is 24.3. The molecule has 0 aliphatic rings. The second-order valence-corrected chi connectivity index (χ2v) is 12.0. The quantitative estimate of drug-likeness (QED) is 0.0911. The molecule has 9 nitrogen and oxygen atoms in total. The minimum absolute atomic E-state index is 0.234. The van der Waals surface area contributed by atoms with Crippen LogP contribution in [0, 0.1) is 20.8 Å². The molecule has 0 aliphatic heterocycles. The van der Waals surface area contributed by atoms with E-state index in [1.54, 1.807) is 24.3 Å². The molecule has 2 amide bonds. The van der Waals surface area contributed by atoms with E-state index in [4.69, 9.17) is 21.1 Å². The summed E-state index contributed by atoms with van der Waals surface area (Å²) in [6.07, 6.45) is 1.45. The van der Waals surface area contributed by atoms with Gasteiger partial charge in [0.25, 0.3) is 11.8 Å². The molecule has 0 saturated heterocycles. The first-order chi connectivity index (χ1) is 22.7. The molecule has 4 aromatic carbocycles. The Labute approximate surface area is 282 Å². The first-order valence-electron chi connectivity index (χ1n) is 14.9. The van der Waals surface area contributed by atoms with Gasteiger partial charge in [-0.25, -0.2) is 10.4 Å². The van der Waals surface area contributed by atoms with E-state index in [-0.39, 0.29) is 29.2 Å². The lowest BCUT2D eigenvalue weighted by molar-refractivity contribution is -0.118. The minimum atomic E-state index is -0.376. The summed E-state index contributed by atoms with van der Waals surface area (Å²) in [7, 11) is 0. The maximum atomic E-state index is 12.8. The molecule has 0 spiro atoms. The van der Waals surface area contributed by atoms with Gasteiger partial charge in [0.2, 0.25) is 0 Å². The van der Waals surface area contributed by atoms with Gasteiger partial charge in [-0.3, -0.25) is 9.59 Å². The molecule has 0 radical (unpaired) electrons. The van der Waals surface area contributed by atoms with E-state index >= 15 is 0 Å². The number of halogens is 1. The maximum Gasteiger partial charge on any atom is 0.271 e. The van der Waals surface area contributed by atoms with Crippen LogP contribution in [0.2, 0.25) is 5.02 Å². The van der Waals surface area contributed by atoms with E-state index in [2.05, 4.69) is 26.1 Å². The molecule has 0 unspecified atom stereocenters. The Balaban J connectivity index is 1.17. The number of anilines is 3. The molecule has 0 bridgehead atoms. The summed E-state index contributed by atoms with van der Waals surface area (Å²) < 4.78 is 11.5. The number of carbonyl (C=O) groups is 2. The summed E-state index contributed by atoms with van der Waals surface area (Å²) in [6.45, 7) is 7.88. The molecular formula is C36H34ClN5O4S. The number of rotatable bonds is 12. The highest BCUT2D eigenvalue weighted by atomic mass is 35.5. The number of hydrazone groups is 1. The topological polar surface area (TPSA) is 114 Å². The maximum absolute atomic E-state index is 12.8. The van der Waals surface area contributed by atoms with E-state index in [0.29, 0.717) is 29.2 Å². The number of aromatic nitrogens is 1. The van der Waals surface area contributed by atoms with Crippen LogP contribution in [0.5, 0.6) is 11.5 Å². The van der Waals surface area contributed by atoms with Crippen LogP contribution in [0.3, 0.4) is 0 Å². The summed E-state index contributed by atoms with van der Waals surface area (Å²) in [4.78, 5) is 30.0. The fourth-order valence-corrected chi connectivity index (χ4v) is 5.60. The molecule has 0 aliphatic carbocycles. The standard InChI is InChI=1S/C36H34ClN5O4S/c1-5-45-32-18-25(17-29(37)34(32)46-20-33(43)40-30-15-8-23(3)16-24(30)4)19-38-42-35(44)27-11-9-26(10-12-27)31-21-47-36(41-31)39-28-13-6-22(2)7-14-28/h6-19,21H,5,20H2,1-4H3,(H,39,41)(H,40,43)(H,42,44)/b38-19+.